The fraction of sp³-hybridized carbons (Fsp3) is 0.714. The molecule has 3 fully saturated rings. The Hall–Kier alpha value is -1.36. The number of hydrogen-bond donors (Lipinski definition) is 2. The molecular formula is C14H20N4O. The summed E-state index contributed by atoms with van der Waals surface area (Å²) in [4.78, 5) is 22.1. The van der Waals surface area contributed by atoms with Gasteiger partial charge >= 0.3 is 0 Å². The maximum Gasteiger partial charge on any atom is 0.244 e. The highest BCUT2D eigenvalue weighted by Gasteiger charge is 2.53. The van der Waals surface area contributed by atoms with E-state index in [4.69, 9.17) is 0 Å². The summed E-state index contributed by atoms with van der Waals surface area (Å²) in [6.45, 7) is 0.900. The van der Waals surface area contributed by atoms with Crippen molar-refractivity contribution in [3.8, 4) is 0 Å². The topological polar surface area (TPSA) is 61.0 Å². The van der Waals surface area contributed by atoms with E-state index in [1.807, 2.05) is 6.20 Å². The molecule has 2 N–H and O–H groups in total. The maximum atomic E-state index is 12.8. The van der Waals surface area contributed by atoms with Gasteiger partial charge in [0.05, 0.1) is 23.8 Å². The molecule has 102 valence electrons. The second kappa shape index (κ2) is 4.07. The van der Waals surface area contributed by atoms with Crippen molar-refractivity contribution in [3.63, 3.8) is 0 Å². The van der Waals surface area contributed by atoms with Gasteiger partial charge in [-0.3, -0.25) is 10.1 Å². The molecule has 1 aliphatic heterocycles. The number of aromatic nitrogens is 2. The molecule has 1 amide bonds. The SMILES string of the molecule is O=C1N(CC2CC2)C(c2cnc[nH]2)NC12CCCC2. The van der Waals surface area contributed by atoms with Crippen LogP contribution in [0, 0.1) is 5.92 Å². The number of imidazole rings is 1. The summed E-state index contributed by atoms with van der Waals surface area (Å²) in [6.07, 6.45) is 10.3. The summed E-state index contributed by atoms with van der Waals surface area (Å²) in [6, 6.07) is 0. The van der Waals surface area contributed by atoms with Gasteiger partial charge in [-0.05, 0) is 31.6 Å². The second-order valence-corrected chi connectivity index (χ2v) is 6.24. The molecule has 3 aliphatic rings. The molecule has 1 atom stereocenters. The fourth-order valence-electron chi connectivity index (χ4n) is 3.56. The van der Waals surface area contributed by atoms with Crippen LogP contribution in [0.25, 0.3) is 0 Å². The average Bonchev–Trinajstić information content (AvgIpc) is 2.84. The number of rotatable bonds is 3. The Labute approximate surface area is 112 Å². The largest absolute Gasteiger partial charge is 0.346 e. The zero-order valence-electron chi connectivity index (χ0n) is 11.1. The monoisotopic (exact) mass is 260 g/mol. The third-order valence-electron chi connectivity index (χ3n) is 4.82. The lowest BCUT2D eigenvalue weighted by atomic mass is 9.98. The van der Waals surface area contributed by atoms with Gasteiger partial charge in [-0.25, -0.2) is 4.98 Å². The quantitative estimate of drug-likeness (QED) is 0.867. The van der Waals surface area contributed by atoms with Gasteiger partial charge in [0.1, 0.15) is 6.17 Å². The van der Waals surface area contributed by atoms with E-state index < -0.39 is 0 Å². The Bertz CT molecular complexity index is 474. The van der Waals surface area contributed by atoms with Gasteiger partial charge in [-0.1, -0.05) is 12.8 Å². The third kappa shape index (κ3) is 1.79. The summed E-state index contributed by atoms with van der Waals surface area (Å²) in [5.74, 6) is 1.03. The fourth-order valence-corrected chi connectivity index (χ4v) is 3.56. The molecule has 1 unspecified atom stereocenters. The Morgan fingerprint density at radius 3 is 2.79 bits per heavy atom. The minimum atomic E-state index is -0.287. The highest BCUT2D eigenvalue weighted by atomic mass is 16.2. The molecule has 0 bridgehead atoms. The molecule has 1 spiro atoms. The molecule has 2 aliphatic carbocycles. The van der Waals surface area contributed by atoms with E-state index in [1.54, 1.807) is 6.33 Å². The van der Waals surface area contributed by atoms with Crippen LogP contribution in [0.3, 0.4) is 0 Å². The van der Waals surface area contributed by atoms with E-state index >= 15 is 0 Å². The van der Waals surface area contributed by atoms with Crippen LogP contribution >= 0.6 is 0 Å². The standard InChI is InChI=1S/C14H20N4O/c19-13-14(5-1-2-6-14)17-12(11-7-15-9-16-11)18(13)8-10-3-4-10/h7,9-10,12,17H,1-6,8H2,(H,15,16). The molecule has 1 aromatic rings. The van der Waals surface area contributed by atoms with Crippen molar-refractivity contribution in [1.29, 1.82) is 0 Å². The van der Waals surface area contributed by atoms with Crippen molar-refractivity contribution in [2.45, 2.75) is 50.2 Å². The molecular weight excluding hydrogens is 240 g/mol. The first kappa shape index (κ1) is 11.5. The van der Waals surface area contributed by atoms with Crippen LogP contribution in [0.4, 0.5) is 0 Å². The lowest BCUT2D eigenvalue weighted by Crippen LogP contribution is -2.44. The molecule has 1 saturated heterocycles. The molecule has 1 aromatic heterocycles. The van der Waals surface area contributed by atoms with Crippen molar-refractivity contribution in [3.05, 3.63) is 18.2 Å². The Morgan fingerprint density at radius 2 is 2.16 bits per heavy atom. The predicted octanol–water partition coefficient (Wildman–Crippen LogP) is 1.56. The number of carbonyl (C=O) groups is 1. The van der Waals surface area contributed by atoms with Crippen molar-refractivity contribution in [1.82, 2.24) is 20.2 Å². The lowest BCUT2D eigenvalue weighted by Gasteiger charge is -2.23. The van der Waals surface area contributed by atoms with E-state index in [0.29, 0.717) is 11.8 Å². The Morgan fingerprint density at radius 1 is 1.37 bits per heavy atom. The molecule has 4 rings (SSSR count). The highest BCUT2D eigenvalue weighted by molar-refractivity contribution is 5.89. The van der Waals surface area contributed by atoms with Gasteiger partial charge in [0.25, 0.3) is 0 Å². The summed E-state index contributed by atoms with van der Waals surface area (Å²) in [7, 11) is 0. The summed E-state index contributed by atoms with van der Waals surface area (Å²) < 4.78 is 0. The van der Waals surface area contributed by atoms with Crippen molar-refractivity contribution in [2.24, 2.45) is 5.92 Å². The van der Waals surface area contributed by atoms with Gasteiger partial charge in [0.15, 0.2) is 0 Å². The minimum absolute atomic E-state index is 0.00583. The molecule has 0 radical (unpaired) electrons. The summed E-state index contributed by atoms with van der Waals surface area (Å²) in [5, 5.41) is 3.61. The smallest absolute Gasteiger partial charge is 0.244 e. The first-order valence-electron chi connectivity index (χ1n) is 7.36. The minimum Gasteiger partial charge on any atom is -0.346 e. The predicted molar refractivity (Wildman–Crippen MR) is 70.1 cm³/mol. The Kier molecular flexibility index (Phi) is 2.45. The van der Waals surface area contributed by atoms with Crippen LogP contribution in [0.1, 0.15) is 50.4 Å². The number of H-pyrrole nitrogens is 1. The number of carbonyl (C=O) groups excluding carboxylic acids is 1. The van der Waals surface area contributed by atoms with E-state index in [1.165, 1.54) is 12.8 Å². The number of nitrogens with one attached hydrogen (secondary N) is 2. The van der Waals surface area contributed by atoms with Gasteiger partial charge < -0.3 is 9.88 Å². The maximum absolute atomic E-state index is 12.8. The first-order chi connectivity index (χ1) is 9.28. The molecule has 2 saturated carbocycles. The van der Waals surface area contributed by atoms with Crippen molar-refractivity contribution >= 4 is 5.91 Å². The lowest BCUT2D eigenvalue weighted by molar-refractivity contribution is -0.133. The summed E-state index contributed by atoms with van der Waals surface area (Å²) in [5.41, 5.74) is 0.725. The molecule has 5 nitrogen and oxygen atoms in total. The third-order valence-corrected chi connectivity index (χ3v) is 4.82. The van der Waals surface area contributed by atoms with Crippen LogP contribution in [0.15, 0.2) is 12.5 Å². The zero-order chi connectivity index (χ0) is 12.9. The molecule has 19 heavy (non-hydrogen) atoms. The number of hydrogen-bond acceptors (Lipinski definition) is 3. The van der Waals surface area contributed by atoms with E-state index in [2.05, 4.69) is 20.2 Å². The van der Waals surface area contributed by atoms with Crippen LogP contribution in [-0.4, -0.2) is 32.9 Å². The zero-order valence-corrected chi connectivity index (χ0v) is 11.1. The van der Waals surface area contributed by atoms with Crippen LogP contribution < -0.4 is 5.32 Å². The van der Waals surface area contributed by atoms with Gasteiger partial charge in [0.2, 0.25) is 5.91 Å². The molecule has 5 heteroatoms. The number of aromatic amines is 1. The average molecular weight is 260 g/mol. The first-order valence-corrected chi connectivity index (χ1v) is 7.36. The molecule has 2 heterocycles. The van der Waals surface area contributed by atoms with Crippen LogP contribution in [0.5, 0.6) is 0 Å². The highest BCUT2D eigenvalue weighted by Crippen LogP contribution is 2.42. The van der Waals surface area contributed by atoms with Gasteiger partial charge in [-0.15, -0.1) is 0 Å². The van der Waals surface area contributed by atoms with Crippen LogP contribution in [-0.2, 0) is 4.79 Å². The van der Waals surface area contributed by atoms with Crippen molar-refractivity contribution < 1.29 is 4.79 Å². The Balaban J connectivity index is 1.65. The second-order valence-electron chi connectivity index (χ2n) is 6.24. The van der Waals surface area contributed by atoms with Crippen LogP contribution in [0.2, 0.25) is 0 Å². The van der Waals surface area contributed by atoms with E-state index in [0.717, 1.165) is 37.9 Å². The van der Waals surface area contributed by atoms with Crippen molar-refractivity contribution in [2.75, 3.05) is 6.54 Å². The van der Waals surface area contributed by atoms with E-state index in [-0.39, 0.29) is 11.7 Å². The number of amides is 1. The van der Waals surface area contributed by atoms with Gasteiger partial charge in [-0.2, -0.15) is 0 Å². The summed E-state index contributed by atoms with van der Waals surface area (Å²) >= 11 is 0. The van der Waals surface area contributed by atoms with Gasteiger partial charge in [0, 0.05) is 6.54 Å². The molecule has 0 aromatic carbocycles. The normalized spacial score (nSPS) is 29.6. The number of nitrogens with zero attached hydrogens (tertiary/aromatic N) is 2. The van der Waals surface area contributed by atoms with E-state index in [9.17, 15) is 4.79 Å².